The van der Waals surface area contributed by atoms with Gasteiger partial charge in [0.1, 0.15) is 5.75 Å². The van der Waals surface area contributed by atoms with Gasteiger partial charge in [0.15, 0.2) is 6.10 Å². The Balaban J connectivity index is 1.47. The average Bonchev–Trinajstić information content (AvgIpc) is 2.80. The first-order valence-corrected chi connectivity index (χ1v) is 12.2. The maximum Gasteiger partial charge on any atom is 0.263 e. The third-order valence-corrected chi connectivity index (χ3v) is 7.15. The molecule has 0 aliphatic carbocycles. The zero-order valence-electron chi connectivity index (χ0n) is 17.3. The number of amides is 1. The fourth-order valence-corrected chi connectivity index (χ4v) is 5.27. The molecule has 1 aliphatic rings. The topological polar surface area (TPSA) is 75.7 Å². The van der Waals surface area contributed by atoms with E-state index in [0.29, 0.717) is 35.0 Å². The SMILES string of the molecule is O=C(NCCc1ccc(Cl)cc1)[C@H]1CN(S(=O)(=O)Cc2ccccc2)c2ccccc2O1. The van der Waals surface area contributed by atoms with E-state index < -0.39 is 16.1 Å². The van der Waals surface area contributed by atoms with Crippen LogP contribution in [0.2, 0.25) is 5.02 Å². The summed E-state index contributed by atoms with van der Waals surface area (Å²) in [5.41, 5.74) is 2.16. The fourth-order valence-electron chi connectivity index (χ4n) is 3.56. The average molecular weight is 471 g/mol. The quantitative estimate of drug-likeness (QED) is 0.570. The number of nitrogens with one attached hydrogen (secondary N) is 1. The van der Waals surface area contributed by atoms with E-state index in [1.807, 2.05) is 18.2 Å². The molecule has 0 radical (unpaired) electrons. The first-order valence-electron chi connectivity index (χ1n) is 10.2. The summed E-state index contributed by atoms with van der Waals surface area (Å²) in [4.78, 5) is 12.8. The normalized spacial score (nSPS) is 15.5. The van der Waals surface area contributed by atoms with Gasteiger partial charge in [-0.25, -0.2) is 8.42 Å². The van der Waals surface area contributed by atoms with Gasteiger partial charge in [-0.3, -0.25) is 9.10 Å². The largest absolute Gasteiger partial charge is 0.476 e. The van der Waals surface area contributed by atoms with Crippen molar-refractivity contribution in [1.82, 2.24) is 5.32 Å². The van der Waals surface area contributed by atoms with Crippen molar-refractivity contribution >= 4 is 33.2 Å². The van der Waals surface area contributed by atoms with Gasteiger partial charge in [0.2, 0.25) is 10.0 Å². The highest BCUT2D eigenvalue weighted by molar-refractivity contribution is 7.92. The van der Waals surface area contributed by atoms with Crippen molar-refractivity contribution in [2.45, 2.75) is 18.3 Å². The zero-order chi connectivity index (χ0) is 22.6. The highest BCUT2D eigenvalue weighted by Gasteiger charge is 2.36. The maximum absolute atomic E-state index is 13.2. The summed E-state index contributed by atoms with van der Waals surface area (Å²) in [5, 5.41) is 3.51. The Morgan fingerprint density at radius 1 is 0.969 bits per heavy atom. The molecule has 0 saturated heterocycles. The van der Waals surface area contributed by atoms with Gasteiger partial charge in [0, 0.05) is 11.6 Å². The molecular formula is C24H23ClN2O4S. The first-order chi connectivity index (χ1) is 15.4. The molecule has 3 aromatic carbocycles. The Kier molecular flexibility index (Phi) is 6.67. The van der Waals surface area contributed by atoms with E-state index in [4.69, 9.17) is 16.3 Å². The predicted octanol–water partition coefficient (Wildman–Crippen LogP) is 3.80. The summed E-state index contributed by atoms with van der Waals surface area (Å²) < 4.78 is 33.6. The Hall–Kier alpha value is -3.03. The summed E-state index contributed by atoms with van der Waals surface area (Å²) in [7, 11) is -3.72. The lowest BCUT2D eigenvalue weighted by Crippen LogP contribution is -2.51. The number of nitrogens with zero attached hydrogens (tertiary/aromatic N) is 1. The highest BCUT2D eigenvalue weighted by Crippen LogP contribution is 2.35. The lowest BCUT2D eigenvalue weighted by Gasteiger charge is -2.34. The predicted molar refractivity (Wildman–Crippen MR) is 125 cm³/mol. The molecular weight excluding hydrogens is 448 g/mol. The molecule has 6 nitrogen and oxygen atoms in total. The van der Waals surface area contributed by atoms with E-state index in [-0.39, 0.29) is 18.2 Å². The van der Waals surface area contributed by atoms with Crippen molar-refractivity contribution < 1.29 is 17.9 Å². The molecule has 1 heterocycles. The number of carbonyl (C=O) groups excluding carboxylic acids is 1. The lowest BCUT2D eigenvalue weighted by atomic mass is 10.1. The lowest BCUT2D eigenvalue weighted by molar-refractivity contribution is -0.127. The van der Waals surface area contributed by atoms with Gasteiger partial charge < -0.3 is 10.1 Å². The van der Waals surface area contributed by atoms with Gasteiger partial charge in [-0.15, -0.1) is 0 Å². The number of hydrogen-bond donors (Lipinski definition) is 1. The molecule has 0 saturated carbocycles. The van der Waals surface area contributed by atoms with Gasteiger partial charge in [-0.1, -0.05) is 66.2 Å². The second kappa shape index (κ2) is 9.63. The monoisotopic (exact) mass is 470 g/mol. The van der Waals surface area contributed by atoms with E-state index in [0.717, 1.165) is 5.56 Å². The van der Waals surface area contributed by atoms with Crippen LogP contribution in [0, 0.1) is 0 Å². The minimum absolute atomic E-state index is 0.0844. The number of ether oxygens (including phenoxy) is 1. The molecule has 32 heavy (non-hydrogen) atoms. The standard InChI is InChI=1S/C24H23ClN2O4S/c25-20-12-10-18(11-13-20)14-15-26-24(28)23-16-27(21-8-4-5-9-22(21)31-23)32(29,30)17-19-6-2-1-3-7-19/h1-13,23H,14-17H2,(H,26,28)/t23-/m1/s1. The van der Waals surface area contributed by atoms with Gasteiger partial charge in [0.05, 0.1) is 18.0 Å². The second-order valence-electron chi connectivity index (χ2n) is 7.51. The Morgan fingerprint density at radius 3 is 2.41 bits per heavy atom. The van der Waals surface area contributed by atoms with Gasteiger partial charge >= 0.3 is 0 Å². The number of para-hydroxylation sites is 2. The van der Waals surface area contributed by atoms with Crippen molar-refractivity contribution in [1.29, 1.82) is 0 Å². The van der Waals surface area contributed by atoms with Crippen LogP contribution in [0.4, 0.5) is 5.69 Å². The minimum Gasteiger partial charge on any atom is -0.476 e. The number of fused-ring (bicyclic) bond motifs is 1. The number of rotatable bonds is 7. The van der Waals surface area contributed by atoms with Gasteiger partial charge in [-0.05, 0) is 41.8 Å². The molecule has 1 amide bonds. The molecule has 166 valence electrons. The van der Waals surface area contributed by atoms with E-state index in [2.05, 4.69) is 5.32 Å². The van der Waals surface area contributed by atoms with Crippen LogP contribution in [0.25, 0.3) is 0 Å². The Labute approximate surface area is 192 Å². The summed E-state index contributed by atoms with van der Waals surface area (Å²) in [6, 6.07) is 23.2. The van der Waals surface area contributed by atoms with Gasteiger partial charge in [-0.2, -0.15) is 0 Å². The first kappa shape index (κ1) is 22.2. The number of anilines is 1. The smallest absolute Gasteiger partial charge is 0.263 e. The van der Waals surface area contributed by atoms with Crippen LogP contribution in [-0.4, -0.2) is 33.5 Å². The van der Waals surface area contributed by atoms with Crippen molar-refractivity contribution in [3.05, 3.63) is 95.0 Å². The molecule has 1 atom stereocenters. The zero-order valence-corrected chi connectivity index (χ0v) is 18.9. The van der Waals surface area contributed by atoms with E-state index in [1.165, 1.54) is 4.31 Å². The summed E-state index contributed by atoms with van der Waals surface area (Å²) in [5.74, 6) is -0.144. The molecule has 0 aromatic heterocycles. The number of halogens is 1. The van der Waals surface area contributed by atoms with Crippen LogP contribution in [0.15, 0.2) is 78.9 Å². The van der Waals surface area contributed by atoms with Crippen LogP contribution >= 0.6 is 11.6 Å². The Bertz CT molecular complexity index is 1180. The number of hydrogen-bond acceptors (Lipinski definition) is 4. The summed E-state index contributed by atoms with van der Waals surface area (Å²) in [6.45, 7) is 0.317. The maximum atomic E-state index is 13.2. The molecule has 0 fully saturated rings. The highest BCUT2D eigenvalue weighted by atomic mass is 35.5. The third-order valence-electron chi connectivity index (χ3n) is 5.18. The Morgan fingerprint density at radius 2 is 1.66 bits per heavy atom. The van der Waals surface area contributed by atoms with E-state index in [1.54, 1.807) is 60.7 Å². The molecule has 0 spiro atoms. The minimum atomic E-state index is -3.72. The van der Waals surface area contributed by atoms with Crippen molar-refractivity contribution in [3.63, 3.8) is 0 Å². The molecule has 3 aromatic rings. The van der Waals surface area contributed by atoms with Crippen LogP contribution in [0.5, 0.6) is 5.75 Å². The molecule has 0 bridgehead atoms. The molecule has 1 aliphatic heterocycles. The molecule has 1 N–H and O–H groups in total. The van der Waals surface area contributed by atoms with Crippen LogP contribution in [0.3, 0.4) is 0 Å². The van der Waals surface area contributed by atoms with E-state index in [9.17, 15) is 13.2 Å². The van der Waals surface area contributed by atoms with Crippen molar-refractivity contribution in [2.24, 2.45) is 0 Å². The number of carbonyl (C=O) groups is 1. The summed E-state index contributed by atoms with van der Waals surface area (Å²) in [6.07, 6.45) is -0.317. The molecule has 0 unspecified atom stereocenters. The summed E-state index contributed by atoms with van der Waals surface area (Å²) >= 11 is 5.90. The van der Waals surface area contributed by atoms with Crippen molar-refractivity contribution in [3.8, 4) is 5.75 Å². The number of benzene rings is 3. The number of sulfonamides is 1. The van der Waals surface area contributed by atoms with Gasteiger partial charge in [0.25, 0.3) is 5.91 Å². The molecule has 8 heteroatoms. The third kappa shape index (κ3) is 5.23. The van der Waals surface area contributed by atoms with Crippen LogP contribution in [0.1, 0.15) is 11.1 Å². The van der Waals surface area contributed by atoms with Crippen LogP contribution < -0.4 is 14.4 Å². The van der Waals surface area contributed by atoms with E-state index >= 15 is 0 Å². The second-order valence-corrected chi connectivity index (χ2v) is 9.84. The fraction of sp³-hybridized carbons (Fsp3) is 0.208. The van der Waals surface area contributed by atoms with Crippen molar-refractivity contribution in [2.75, 3.05) is 17.4 Å². The molecule has 4 rings (SSSR count). The van der Waals surface area contributed by atoms with Crippen LogP contribution in [-0.2, 0) is 27.0 Å².